The summed E-state index contributed by atoms with van der Waals surface area (Å²) in [7, 11) is 0. The van der Waals surface area contributed by atoms with Crippen LogP contribution in [-0.2, 0) is 6.42 Å². The zero-order chi connectivity index (χ0) is 10.8. The number of aryl methyl sites for hydroxylation is 1. The Balaban J connectivity index is 2.96. The molecule has 3 heteroatoms. The normalized spacial score (nSPS) is 10.2. The molecule has 0 saturated heterocycles. The van der Waals surface area contributed by atoms with Crippen LogP contribution in [0.15, 0.2) is 24.4 Å². The molecule has 0 aliphatic rings. The minimum Gasteiger partial charge on any atom is -0.243 e. The monoisotopic (exact) mass is 216 g/mol. The van der Waals surface area contributed by atoms with Crippen molar-refractivity contribution in [3.63, 3.8) is 0 Å². The number of hydrogen-bond donors (Lipinski definition) is 0. The highest BCUT2D eigenvalue weighted by atomic mass is 35.5. The summed E-state index contributed by atoms with van der Waals surface area (Å²) < 4.78 is 0. The molecule has 0 aliphatic carbocycles. The Hall–Kier alpha value is -1.59. The molecule has 0 N–H and O–H groups in total. The summed E-state index contributed by atoms with van der Waals surface area (Å²) in [6.45, 7) is 2.06. The van der Waals surface area contributed by atoms with E-state index in [4.69, 9.17) is 16.9 Å². The fraction of sp³-hybridized carbons (Fsp3) is 0.167. The molecule has 1 aromatic heterocycles. The van der Waals surface area contributed by atoms with E-state index in [0.717, 1.165) is 22.8 Å². The van der Waals surface area contributed by atoms with Crippen LogP contribution in [0.3, 0.4) is 0 Å². The molecule has 0 aliphatic heterocycles. The Morgan fingerprint density at radius 3 is 2.93 bits per heavy atom. The van der Waals surface area contributed by atoms with Crippen molar-refractivity contribution in [2.75, 3.05) is 0 Å². The van der Waals surface area contributed by atoms with Crippen LogP contribution >= 0.6 is 11.6 Å². The number of fused-ring (bicyclic) bond motifs is 1. The van der Waals surface area contributed by atoms with E-state index < -0.39 is 0 Å². The molecule has 0 amide bonds. The van der Waals surface area contributed by atoms with E-state index in [2.05, 4.69) is 18.0 Å². The first-order valence-electron chi connectivity index (χ1n) is 4.74. The number of benzene rings is 1. The van der Waals surface area contributed by atoms with Crippen molar-refractivity contribution in [3.05, 3.63) is 40.7 Å². The molecule has 0 unspecified atom stereocenters. The second kappa shape index (κ2) is 3.88. The van der Waals surface area contributed by atoms with Crippen molar-refractivity contribution >= 4 is 22.4 Å². The molecule has 1 aromatic carbocycles. The van der Waals surface area contributed by atoms with Crippen LogP contribution < -0.4 is 0 Å². The first-order valence-corrected chi connectivity index (χ1v) is 5.12. The molecular formula is C12H9ClN2. The number of hydrogen-bond acceptors (Lipinski definition) is 2. The van der Waals surface area contributed by atoms with E-state index in [1.807, 2.05) is 18.2 Å². The summed E-state index contributed by atoms with van der Waals surface area (Å²) in [5.41, 5.74) is 1.72. The van der Waals surface area contributed by atoms with Gasteiger partial charge in [0.1, 0.15) is 11.2 Å². The van der Waals surface area contributed by atoms with E-state index in [9.17, 15) is 0 Å². The average Bonchev–Trinajstić information content (AvgIpc) is 2.29. The van der Waals surface area contributed by atoms with Crippen molar-refractivity contribution in [1.82, 2.24) is 4.98 Å². The van der Waals surface area contributed by atoms with Gasteiger partial charge in [-0.1, -0.05) is 36.7 Å². The zero-order valence-electron chi connectivity index (χ0n) is 8.29. The smallest absolute Gasteiger partial charge is 0.136 e. The van der Waals surface area contributed by atoms with Crippen LogP contribution in [0, 0.1) is 11.3 Å². The molecule has 0 atom stereocenters. The summed E-state index contributed by atoms with van der Waals surface area (Å²) >= 11 is 5.99. The Labute approximate surface area is 93.1 Å². The zero-order valence-corrected chi connectivity index (χ0v) is 9.04. The van der Waals surface area contributed by atoms with Gasteiger partial charge in [0.05, 0.1) is 5.56 Å². The molecule has 15 heavy (non-hydrogen) atoms. The Bertz CT molecular complexity index is 555. The van der Waals surface area contributed by atoms with Crippen LogP contribution in [0.25, 0.3) is 10.8 Å². The van der Waals surface area contributed by atoms with Crippen molar-refractivity contribution in [1.29, 1.82) is 5.26 Å². The molecule has 0 radical (unpaired) electrons. The maximum Gasteiger partial charge on any atom is 0.136 e. The summed E-state index contributed by atoms with van der Waals surface area (Å²) in [6, 6.07) is 8.00. The van der Waals surface area contributed by atoms with E-state index in [0.29, 0.717) is 10.7 Å². The van der Waals surface area contributed by atoms with Gasteiger partial charge in [-0.3, -0.25) is 0 Å². The van der Waals surface area contributed by atoms with Crippen molar-refractivity contribution in [2.45, 2.75) is 13.3 Å². The predicted molar refractivity (Wildman–Crippen MR) is 60.8 cm³/mol. The fourth-order valence-corrected chi connectivity index (χ4v) is 1.93. The highest BCUT2D eigenvalue weighted by Gasteiger charge is 2.08. The number of rotatable bonds is 1. The number of nitrogens with zero attached hydrogens (tertiary/aromatic N) is 2. The van der Waals surface area contributed by atoms with E-state index >= 15 is 0 Å². The summed E-state index contributed by atoms with van der Waals surface area (Å²) in [5, 5.41) is 11.3. The second-order valence-corrected chi connectivity index (χ2v) is 3.63. The Morgan fingerprint density at radius 2 is 2.27 bits per heavy atom. The molecule has 0 saturated carbocycles. The summed E-state index contributed by atoms with van der Waals surface area (Å²) in [4.78, 5) is 4.00. The van der Waals surface area contributed by atoms with Crippen LogP contribution in [-0.4, -0.2) is 4.98 Å². The van der Waals surface area contributed by atoms with E-state index in [-0.39, 0.29) is 0 Å². The first kappa shape index (κ1) is 9.95. The van der Waals surface area contributed by atoms with E-state index in [1.54, 1.807) is 0 Å². The van der Waals surface area contributed by atoms with Gasteiger partial charge in [-0.05, 0) is 12.0 Å². The highest BCUT2D eigenvalue weighted by Crippen LogP contribution is 2.27. The largest absolute Gasteiger partial charge is 0.243 e. The lowest BCUT2D eigenvalue weighted by Gasteiger charge is -2.06. The third kappa shape index (κ3) is 1.55. The minimum atomic E-state index is 0.458. The maximum atomic E-state index is 9.01. The number of nitriles is 1. The molecule has 0 bridgehead atoms. The van der Waals surface area contributed by atoms with Gasteiger partial charge >= 0.3 is 0 Å². The number of pyridine rings is 1. The highest BCUT2D eigenvalue weighted by molar-refractivity contribution is 6.34. The fourth-order valence-electron chi connectivity index (χ4n) is 1.72. The van der Waals surface area contributed by atoms with Crippen molar-refractivity contribution < 1.29 is 0 Å². The van der Waals surface area contributed by atoms with Gasteiger partial charge in [-0.15, -0.1) is 0 Å². The minimum absolute atomic E-state index is 0.458. The van der Waals surface area contributed by atoms with Gasteiger partial charge in [0, 0.05) is 17.0 Å². The van der Waals surface area contributed by atoms with Crippen LogP contribution in [0.5, 0.6) is 0 Å². The lowest BCUT2D eigenvalue weighted by molar-refractivity contribution is 1.15. The van der Waals surface area contributed by atoms with Gasteiger partial charge < -0.3 is 0 Å². The average molecular weight is 217 g/mol. The van der Waals surface area contributed by atoms with Crippen LogP contribution in [0.4, 0.5) is 0 Å². The van der Waals surface area contributed by atoms with Gasteiger partial charge in [-0.2, -0.15) is 5.26 Å². The van der Waals surface area contributed by atoms with Crippen molar-refractivity contribution in [2.24, 2.45) is 0 Å². The quantitative estimate of drug-likeness (QED) is 0.686. The van der Waals surface area contributed by atoms with Gasteiger partial charge in [-0.25, -0.2) is 4.98 Å². The predicted octanol–water partition coefficient (Wildman–Crippen LogP) is 3.32. The van der Waals surface area contributed by atoms with Crippen LogP contribution in [0.2, 0.25) is 5.15 Å². The third-order valence-corrected chi connectivity index (χ3v) is 2.75. The maximum absolute atomic E-state index is 9.01. The second-order valence-electron chi connectivity index (χ2n) is 3.27. The van der Waals surface area contributed by atoms with Crippen LogP contribution in [0.1, 0.15) is 18.1 Å². The van der Waals surface area contributed by atoms with E-state index in [1.165, 1.54) is 6.20 Å². The number of aromatic nitrogens is 1. The SMILES string of the molecule is CCc1cccc2c(Cl)ncc(C#N)c12. The molecule has 2 nitrogen and oxygen atoms in total. The third-order valence-electron chi connectivity index (χ3n) is 2.45. The van der Waals surface area contributed by atoms with Crippen molar-refractivity contribution in [3.8, 4) is 6.07 Å². The lowest BCUT2D eigenvalue weighted by atomic mass is 10.0. The van der Waals surface area contributed by atoms with Gasteiger partial charge in [0.15, 0.2) is 0 Å². The topological polar surface area (TPSA) is 36.7 Å². The standard InChI is InChI=1S/C12H9ClN2/c1-2-8-4-3-5-10-11(8)9(6-14)7-15-12(10)13/h3-5,7H,2H2,1H3. The Kier molecular flexibility index (Phi) is 2.57. The van der Waals surface area contributed by atoms with Gasteiger partial charge in [0.25, 0.3) is 0 Å². The molecule has 0 spiro atoms. The molecule has 74 valence electrons. The molecule has 1 heterocycles. The molecule has 0 fully saturated rings. The Morgan fingerprint density at radius 1 is 1.47 bits per heavy atom. The molecular weight excluding hydrogens is 208 g/mol. The molecule has 2 rings (SSSR count). The first-order chi connectivity index (χ1) is 7.27. The number of halogens is 1. The molecule has 2 aromatic rings. The lowest BCUT2D eigenvalue weighted by Crippen LogP contribution is -1.90. The summed E-state index contributed by atoms with van der Waals surface area (Å²) in [6.07, 6.45) is 2.41. The summed E-state index contributed by atoms with van der Waals surface area (Å²) in [5.74, 6) is 0. The van der Waals surface area contributed by atoms with Gasteiger partial charge in [0.2, 0.25) is 0 Å².